The van der Waals surface area contributed by atoms with Crippen molar-refractivity contribution in [3.05, 3.63) is 23.4 Å². The quantitative estimate of drug-likeness (QED) is 0.828. The molecule has 1 saturated heterocycles. The molecule has 122 valence electrons. The van der Waals surface area contributed by atoms with Crippen LogP contribution < -0.4 is 4.90 Å². The maximum Gasteiger partial charge on any atom is 0.133 e. The van der Waals surface area contributed by atoms with Crippen molar-refractivity contribution in [2.24, 2.45) is 5.92 Å². The summed E-state index contributed by atoms with van der Waals surface area (Å²) in [6.07, 6.45) is 1.20. The zero-order valence-electron chi connectivity index (χ0n) is 13.8. The lowest BCUT2D eigenvalue weighted by molar-refractivity contribution is 0.166. The predicted octanol–water partition coefficient (Wildman–Crippen LogP) is 1.69. The molecule has 1 aromatic heterocycles. The molecule has 3 heterocycles. The van der Waals surface area contributed by atoms with Crippen LogP contribution in [0.1, 0.15) is 17.7 Å². The van der Waals surface area contributed by atoms with Gasteiger partial charge in [0, 0.05) is 57.7 Å². The first kappa shape index (κ1) is 15.7. The van der Waals surface area contributed by atoms with Crippen molar-refractivity contribution in [3.8, 4) is 0 Å². The SMILES string of the molecule is COCCN1CCN(C[C@@H]2CCOC2)Cc2ccc(C)nc21. The number of hydrogen-bond acceptors (Lipinski definition) is 5. The Morgan fingerprint density at radius 2 is 2.27 bits per heavy atom. The Balaban J connectivity index is 1.74. The highest BCUT2D eigenvalue weighted by atomic mass is 16.5. The van der Waals surface area contributed by atoms with Crippen LogP contribution in [-0.2, 0) is 16.0 Å². The van der Waals surface area contributed by atoms with Crippen LogP contribution in [0.5, 0.6) is 0 Å². The first-order chi connectivity index (χ1) is 10.8. The first-order valence-corrected chi connectivity index (χ1v) is 8.27. The highest BCUT2D eigenvalue weighted by Crippen LogP contribution is 2.25. The molecular formula is C17H27N3O2. The predicted molar refractivity (Wildman–Crippen MR) is 87.3 cm³/mol. The number of nitrogens with zero attached hydrogens (tertiary/aromatic N) is 3. The molecular weight excluding hydrogens is 278 g/mol. The van der Waals surface area contributed by atoms with E-state index in [4.69, 9.17) is 14.5 Å². The van der Waals surface area contributed by atoms with E-state index < -0.39 is 0 Å². The number of aryl methyl sites for hydroxylation is 1. The zero-order valence-corrected chi connectivity index (χ0v) is 13.8. The fourth-order valence-electron chi connectivity index (χ4n) is 3.32. The lowest BCUT2D eigenvalue weighted by Gasteiger charge is -2.24. The Morgan fingerprint density at radius 1 is 1.36 bits per heavy atom. The van der Waals surface area contributed by atoms with E-state index in [1.54, 1.807) is 7.11 Å². The van der Waals surface area contributed by atoms with Crippen molar-refractivity contribution in [3.63, 3.8) is 0 Å². The van der Waals surface area contributed by atoms with E-state index in [9.17, 15) is 0 Å². The highest BCUT2D eigenvalue weighted by molar-refractivity contribution is 5.48. The second kappa shape index (κ2) is 7.40. The zero-order chi connectivity index (χ0) is 15.4. The summed E-state index contributed by atoms with van der Waals surface area (Å²) in [5, 5.41) is 0. The summed E-state index contributed by atoms with van der Waals surface area (Å²) in [4.78, 5) is 9.72. The van der Waals surface area contributed by atoms with Gasteiger partial charge in [-0.1, -0.05) is 6.07 Å². The fourth-order valence-corrected chi connectivity index (χ4v) is 3.32. The van der Waals surface area contributed by atoms with Crippen molar-refractivity contribution in [1.82, 2.24) is 9.88 Å². The molecule has 0 N–H and O–H groups in total. The molecule has 1 fully saturated rings. The van der Waals surface area contributed by atoms with E-state index in [0.29, 0.717) is 5.92 Å². The van der Waals surface area contributed by atoms with Crippen LogP contribution in [0.3, 0.4) is 0 Å². The van der Waals surface area contributed by atoms with Crippen LogP contribution in [0.2, 0.25) is 0 Å². The summed E-state index contributed by atoms with van der Waals surface area (Å²) in [7, 11) is 1.76. The Morgan fingerprint density at radius 3 is 3.05 bits per heavy atom. The smallest absolute Gasteiger partial charge is 0.133 e. The van der Waals surface area contributed by atoms with E-state index in [-0.39, 0.29) is 0 Å². The van der Waals surface area contributed by atoms with Crippen molar-refractivity contribution in [2.75, 3.05) is 58.0 Å². The molecule has 0 aromatic carbocycles. The number of anilines is 1. The van der Waals surface area contributed by atoms with E-state index >= 15 is 0 Å². The topological polar surface area (TPSA) is 37.8 Å². The molecule has 5 heteroatoms. The van der Waals surface area contributed by atoms with Crippen LogP contribution >= 0.6 is 0 Å². The fraction of sp³-hybridized carbons (Fsp3) is 0.706. The number of methoxy groups -OCH3 is 1. The van der Waals surface area contributed by atoms with Gasteiger partial charge in [0.25, 0.3) is 0 Å². The molecule has 0 unspecified atom stereocenters. The molecule has 5 nitrogen and oxygen atoms in total. The van der Waals surface area contributed by atoms with E-state index in [1.165, 1.54) is 12.0 Å². The van der Waals surface area contributed by atoms with E-state index in [1.807, 2.05) is 0 Å². The molecule has 1 aromatic rings. The summed E-state index contributed by atoms with van der Waals surface area (Å²) in [6, 6.07) is 4.36. The summed E-state index contributed by atoms with van der Waals surface area (Å²) in [5.41, 5.74) is 2.41. The van der Waals surface area contributed by atoms with Crippen LogP contribution in [-0.4, -0.2) is 63.0 Å². The average Bonchev–Trinajstić information content (AvgIpc) is 2.96. The maximum atomic E-state index is 5.52. The Kier molecular flexibility index (Phi) is 5.28. The Labute approximate surface area is 133 Å². The van der Waals surface area contributed by atoms with Crippen LogP contribution in [0.15, 0.2) is 12.1 Å². The molecule has 0 bridgehead atoms. The molecule has 3 rings (SSSR count). The largest absolute Gasteiger partial charge is 0.383 e. The Hall–Kier alpha value is -1.17. The number of hydrogen-bond donors (Lipinski definition) is 0. The second-order valence-electron chi connectivity index (χ2n) is 6.38. The molecule has 22 heavy (non-hydrogen) atoms. The minimum atomic E-state index is 0.687. The lowest BCUT2D eigenvalue weighted by atomic mass is 10.1. The molecule has 0 saturated carbocycles. The number of pyridine rings is 1. The summed E-state index contributed by atoms with van der Waals surface area (Å²) >= 11 is 0. The molecule has 0 amide bonds. The van der Waals surface area contributed by atoms with Crippen LogP contribution in [0.25, 0.3) is 0 Å². The van der Waals surface area contributed by atoms with Gasteiger partial charge in [0.2, 0.25) is 0 Å². The third-order valence-electron chi connectivity index (χ3n) is 4.58. The average molecular weight is 305 g/mol. The number of aromatic nitrogens is 1. The monoisotopic (exact) mass is 305 g/mol. The third-order valence-corrected chi connectivity index (χ3v) is 4.58. The van der Waals surface area contributed by atoms with Crippen molar-refractivity contribution in [2.45, 2.75) is 19.9 Å². The summed E-state index contributed by atoms with van der Waals surface area (Å²) < 4.78 is 10.8. The van der Waals surface area contributed by atoms with E-state index in [0.717, 1.165) is 64.1 Å². The van der Waals surface area contributed by atoms with Crippen molar-refractivity contribution in [1.29, 1.82) is 0 Å². The number of fused-ring (bicyclic) bond motifs is 1. The molecule has 0 aliphatic carbocycles. The maximum absolute atomic E-state index is 5.52. The van der Waals surface area contributed by atoms with Crippen molar-refractivity contribution < 1.29 is 9.47 Å². The van der Waals surface area contributed by atoms with Gasteiger partial charge in [-0.15, -0.1) is 0 Å². The first-order valence-electron chi connectivity index (χ1n) is 8.27. The van der Waals surface area contributed by atoms with E-state index in [2.05, 4.69) is 28.9 Å². The summed E-state index contributed by atoms with van der Waals surface area (Å²) in [5.74, 6) is 1.83. The highest BCUT2D eigenvalue weighted by Gasteiger charge is 2.24. The number of ether oxygens (including phenoxy) is 2. The van der Waals surface area contributed by atoms with Crippen LogP contribution in [0.4, 0.5) is 5.82 Å². The van der Waals surface area contributed by atoms with Gasteiger partial charge in [-0.3, -0.25) is 4.90 Å². The minimum absolute atomic E-state index is 0.687. The molecule has 0 radical (unpaired) electrons. The number of rotatable bonds is 5. The Bertz CT molecular complexity index is 489. The van der Waals surface area contributed by atoms with Gasteiger partial charge in [-0.2, -0.15) is 0 Å². The second-order valence-corrected chi connectivity index (χ2v) is 6.38. The van der Waals surface area contributed by atoms with Gasteiger partial charge in [0.15, 0.2) is 0 Å². The molecule has 1 atom stereocenters. The lowest BCUT2D eigenvalue weighted by Crippen LogP contribution is -2.36. The summed E-state index contributed by atoms with van der Waals surface area (Å²) in [6.45, 7) is 9.77. The van der Waals surface area contributed by atoms with Gasteiger partial charge < -0.3 is 14.4 Å². The normalized spacial score (nSPS) is 22.6. The van der Waals surface area contributed by atoms with Crippen LogP contribution in [0, 0.1) is 12.8 Å². The van der Waals surface area contributed by atoms with Gasteiger partial charge in [0.05, 0.1) is 13.2 Å². The third kappa shape index (κ3) is 3.77. The standard InChI is InChI=1S/C17H27N3O2/c1-14-3-4-16-12-19(11-15-5-9-22-13-15)6-7-20(8-10-21-2)17(16)18-14/h3-4,15H,5-13H2,1-2H3/t15-/m0/s1. The van der Waals surface area contributed by atoms with Crippen molar-refractivity contribution >= 4 is 5.82 Å². The molecule has 2 aliphatic rings. The van der Waals surface area contributed by atoms with Gasteiger partial charge >= 0.3 is 0 Å². The van der Waals surface area contributed by atoms with Gasteiger partial charge in [-0.05, 0) is 25.3 Å². The minimum Gasteiger partial charge on any atom is -0.383 e. The molecule has 2 aliphatic heterocycles. The van der Waals surface area contributed by atoms with Gasteiger partial charge in [0.1, 0.15) is 5.82 Å². The molecule has 0 spiro atoms. The van der Waals surface area contributed by atoms with Gasteiger partial charge in [-0.25, -0.2) is 4.98 Å².